The molecule has 15 heavy (non-hydrogen) atoms. The molecule has 0 saturated heterocycles. The minimum atomic E-state index is 0.0894. The van der Waals surface area contributed by atoms with Gasteiger partial charge in [0.2, 0.25) is 0 Å². The van der Waals surface area contributed by atoms with Gasteiger partial charge in [0.05, 0.1) is 0 Å². The van der Waals surface area contributed by atoms with E-state index >= 15 is 0 Å². The van der Waals surface area contributed by atoms with Crippen LogP contribution in [0.25, 0.3) is 0 Å². The number of hydrogen-bond donors (Lipinski definition) is 1. The second-order valence-electron chi connectivity index (χ2n) is 5.75. The van der Waals surface area contributed by atoms with Gasteiger partial charge in [-0.3, -0.25) is 0 Å². The second kappa shape index (κ2) is 5.34. The van der Waals surface area contributed by atoms with Crippen LogP contribution in [-0.4, -0.2) is 5.54 Å². The summed E-state index contributed by atoms with van der Waals surface area (Å²) in [4.78, 5) is 0. The van der Waals surface area contributed by atoms with E-state index in [9.17, 15) is 0 Å². The first-order valence-electron chi connectivity index (χ1n) is 6.83. The maximum Gasteiger partial charge on any atom is 0.0206 e. The standard InChI is InChI=1S/C14H29N/c1-5-9-14(15,11(3)6-2)12(4)10-13-7-8-13/h11-13H,5-10,15H2,1-4H3/t11?,12-,14?/m0/s1. The lowest BCUT2D eigenvalue weighted by Gasteiger charge is -2.41. The summed E-state index contributed by atoms with van der Waals surface area (Å²) in [7, 11) is 0. The van der Waals surface area contributed by atoms with E-state index < -0.39 is 0 Å². The number of hydrogen-bond acceptors (Lipinski definition) is 1. The lowest BCUT2D eigenvalue weighted by molar-refractivity contribution is 0.163. The molecule has 90 valence electrons. The van der Waals surface area contributed by atoms with Crippen LogP contribution in [0.5, 0.6) is 0 Å². The Kier molecular flexibility index (Phi) is 4.64. The number of nitrogens with two attached hydrogens (primary N) is 1. The Morgan fingerprint density at radius 2 is 1.80 bits per heavy atom. The smallest absolute Gasteiger partial charge is 0.0206 e. The molecule has 0 aromatic rings. The van der Waals surface area contributed by atoms with Crippen LogP contribution in [-0.2, 0) is 0 Å². The normalized spacial score (nSPS) is 24.6. The van der Waals surface area contributed by atoms with E-state index in [1.54, 1.807) is 0 Å². The first-order chi connectivity index (χ1) is 7.04. The molecule has 0 bridgehead atoms. The highest BCUT2D eigenvalue weighted by atomic mass is 14.8. The average molecular weight is 211 g/mol. The Bertz CT molecular complexity index is 186. The summed E-state index contributed by atoms with van der Waals surface area (Å²) in [6.07, 6.45) is 7.89. The molecule has 0 aliphatic heterocycles. The molecule has 1 fully saturated rings. The van der Waals surface area contributed by atoms with Crippen LogP contribution in [0.2, 0.25) is 0 Å². The summed E-state index contributed by atoms with van der Waals surface area (Å²) in [5, 5.41) is 0. The van der Waals surface area contributed by atoms with E-state index in [1.165, 1.54) is 38.5 Å². The molecule has 1 rings (SSSR count). The van der Waals surface area contributed by atoms with Crippen molar-refractivity contribution < 1.29 is 0 Å². The molecule has 1 aliphatic rings. The summed E-state index contributed by atoms with van der Waals surface area (Å²) in [6, 6.07) is 0. The maximum atomic E-state index is 6.68. The van der Waals surface area contributed by atoms with Crippen molar-refractivity contribution in [3.63, 3.8) is 0 Å². The summed E-state index contributed by atoms with van der Waals surface area (Å²) < 4.78 is 0. The van der Waals surface area contributed by atoms with Crippen LogP contribution in [0, 0.1) is 17.8 Å². The van der Waals surface area contributed by atoms with Crippen molar-refractivity contribution in [2.75, 3.05) is 0 Å². The summed E-state index contributed by atoms with van der Waals surface area (Å²) in [6.45, 7) is 9.23. The van der Waals surface area contributed by atoms with E-state index in [0.29, 0.717) is 11.8 Å². The van der Waals surface area contributed by atoms with Gasteiger partial charge in [0.25, 0.3) is 0 Å². The lowest BCUT2D eigenvalue weighted by Crippen LogP contribution is -2.51. The molecule has 0 aromatic carbocycles. The van der Waals surface area contributed by atoms with Gasteiger partial charge in [-0.2, -0.15) is 0 Å². The molecule has 1 heteroatoms. The largest absolute Gasteiger partial charge is 0.325 e. The quantitative estimate of drug-likeness (QED) is 0.677. The predicted octanol–water partition coefficient (Wildman–Crippen LogP) is 3.97. The highest BCUT2D eigenvalue weighted by Gasteiger charge is 2.38. The molecule has 1 aliphatic carbocycles. The van der Waals surface area contributed by atoms with Gasteiger partial charge in [-0.1, -0.05) is 53.4 Å². The molecule has 1 nitrogen and oxygen atoms in total. The summed E-state index contributed by atoms with van der Waals surface area (Å²) in [5.74, 6) is 2.36. The minimum Gasteiger partial charge on any atom is -0.325 e. The van der Waals surface area contributed by atoms with Crippen molar-refractivity contribution in [2.45, 2.75) is 71.8 Å². The van der Waals surface area contributed by atoms with Crippen molar-refractivity contribution in [1.29, 1.82) is 0 Å². The highest BCUT2D eigenvalue weighted by molar-refractivity contribution is 4.95. The number of rotatable bonds is 7. The zero-order valence-corrected chi connectivity index (χ0v) is 11.1. The molecule has 0 spiro atoms. The zero-order chi connectivity index (χ0) is 11.5. The van der Waals surface area contributed by atoms with Gasteiger partial charge < -0.3 is 5.73 Å². The third-order valence-electron chi connectivity index (χ3n) is 4.51. The van der Waals surface area contributed by atoms with Crippen LogP contribution in [0.4, 0.5) is 0 Å². The Hall–Kier alpha value is -0.0400. The Balaban J connectivity index is 2.59. The summed E-state index contributed by atoms with van der Waals surface area (Å²) >= 11 is 0. The first-order valence-corrected chi connectivity index (χ1v) is 6.83. The zero-order valence-electron chi connectivity index (χ0n) is 11.1. The minimum absolute atomic E-state index is 0.0894. The molecule has 3 atom stereocenters. The third-order valence-corrected chi connectivity index (χ3v) is 4.51. The molecule has 0 radical (unpaired) electrons. The van der Waals surface area contributed by atoms with E-state index in [1.807, 2.05) is 0 Å². The van der Waals surface area contributed by atoms with Crippen molar-refractivity contribution >= 4 is 0 Å². The van der Waals surface area contributed by atoms with Crippen LogP contribution in [0.1, 0.15) is 66.2 Å². The van der Waals surface area contributed by atoms with Crippen LogP contribution >= 0.6 is 0 Å². The molecule has 0 amide bonds. The summed E-state index contributed by atoms with van der Waals surface area (Å²) in [5.41, 5.74) is 6.77. The van der Waals surface area contributed by atoms with Crippen molar-refractivity contribution in [3.05, 3.63) is 0 Å². The van der Waals surface area contributed by atoms with Gasteiger partial charge in [0, 0.05) is 5.54 Å². The van der Waals surface area contributed by atoms with Crippen molar-refractivity contribution in [3.8, 4) is 0 Å². The first kappa shape index (κ1) is 13.0. The average Bonchev–Trinajstić information content (AvgIpc) is 3.00. The van der Waals surface area contributed by atoms with Gasteiger partial charge in [-0.15, -0.1) is 0 Å². The van der Waals surface area contributed by atoms with Crippen LogP contribution in [0.3, 0.4) is 0 Å². The van der Waals surface area contributed by atoms with Gasteiger partial charge in [-0.25, -0.2) is 0 Å². The molecule has 0 aromatic heterocycles. The van der Waals surface area contributed by atoms with Crippen molar-refractivity contribution in [1.82, 2.24) is 0 Å². The van der Waals surface area contributed by atoms with Gasteiger partial charge in [-0.05, 0) is 30.6 Å². The van der Waals surface area contributed by atoms with Gasteiger partial charge >= 0.3 is 0 Å². The molecule has 2 unspecified atom stereocenters. The second-order valence-corrected chi connectivity index (χ2v) is 5.75. The Morgan fingerprint density at radius 3 is 2.20 bits per heavy atom. The SMILES string of the molecule is CCCC(N)(C(C)CC)[C@@H](C)CC1CC1. The molecule has 0 heterocycles. The van der Waals surface area contributed by atoms with E-state index in [0.717, 1.165) is 5.92 Å². The Morgan fingerprint density at radius 1 is 1.20 bits per heavy atom. The Labute approximate surface area is 95.8 Å². The van der Waals surface area contributed by atoms with E-state index in [-0.39, 0.29) is 5.54 Å². The topological polar surface area (TPSA) is 26.0 Å². The maximum absolute atomic E-state index is 6.68. The third kappa shape index (κ3) is 3.21. The van der Waals surface area contributed by atoms with Crippen LogP contribution in [0.15, 0.2) is 0 Å². The van der Waals surface area contributed by atoms with Gasteiger partial charge in [0.1, 0.15) is 0 Å². The molecular formula is C14H29N. The van der Waals surface area contributed by atoms with E-state index in [4.69, 9.17) is 5.73 Å². The van der Waals surface area contributed by atoms with Crippen LogP contribution < -0.4 is 5.73 Å². The van der Waals surface area contributed by atoms with Crippen molar-refractivity contribution in [2.24, 2.45) is 23.5 Å². The van der Waals surface area contributed by atoms with Gasteiger partial charge in [0.15, 0.2) is 0 Å². The molecular weight excluding hydrogens is 182 g/mol. The monoisotopic (exact) mass is 211 g/mol. The fourth-order valence-corrected chi connectivity index (χ4v) is 2.86. The molecule has 2 N–H and O–H groups in total. The predicted molar refractivity (Wildman–Crippen MR) is 67.8 cm³/mol. The molecule has 1 saturated carbocycles. The highest BCUT2D eigenvalue weighted by Crippen LogP contribution is 2.41. The fourth-order valence-electron chi connectivity index (χ4n) is 2.86. The van der Waals surface area contributed by atoms with E-state index in [2.05, 4.69) is 27.7 Å². The fraction of sp³-hybridized carbons (Fsp3) is 1.00. The lowest BCUT2D eigenvalue weighted by atomic mass is 9.70.